The summed E-state index contributed by atoms with van der Waals surface area (Å²) in [7, 11) is -5.34. The molecule has 0 saturated carbocycles. The normalized spacial score (nSPS) is 12.9. The molecule has 0 aromatic rings. The number of carbonyl (C=O) groups excluding carboxylic acids is 2. The average molecular weight is 673 g/mol. The SMILES string of the molecule is CCO[Si](CCCSC(C)(C)C(=O)NCCNC(=O)C(C)(C)SCCC[Si](OCC)(OCC)OCC)(OCC)OCC. The number of amides is 2. The van der Waals surface area contributed by atoms with Crippen molar-refractivity contribution in [3.63, 3.8) is 0 Å². The van der Waals surface area contributed by atoms with Crippen LogP contribution in [-0.2, 0) is 36.1 Å². The van der Waals surface area contributed by atoms with Crippen LogP contribution in [0, 0.1) is 0 Å². The van der Waals surface area contributed by atoms with Crippen molar-refractivity contribution in [1.29, 1.82) is 0 Å². The van der Waals surface area contributed by atoms with E-state index in [9.17, 15) is 9.59 Å². The molecule has 0 heterocycles. The maximum atomic E-state index is 12.9. The first-order chi connectivity index (χ1) is 19.8. The third-order valence-corrected chi connectivity index (χ3v) is 15.3. The Hall–Kier alpha value is -0.166. The molecule has 0 aliphatic rings. The minimum Gasteiger partial charge on any atom is -0.374 e. The van der Waals surface area contributed by atoms with Gasteiger partial charge >= 0.3 is 17.6 Å². The summed E-state index contributed by atoms with van der Waals surface area (Å²) in [5.74, 6) is 1.47. The van der Waals surface area contributed by atoms with Crippen LogP contribution >= 0.6 is 23.5 Å². The molecule has 0 rings (SSSR count). The van der Waals surface area contributed by atoms with Gasteiger partial charge < -0.3 is 37.2 Å². The van der Waals surface area contributed by atoms with Crippen LogP contribution in [0.5, 0.6) is 0 Å². The van der Waals surface area contributed by atoms with Crippen LogP contribution in [0.15, 0.2) is 0 Å². The summed E-state index contributed by atoms with van der Waals surface area (Å²) in [6.07, 6.45) is 1.67. The highest BCUT2D eigenvalue weighted by molar-refractivity contribution is 8.01. The van der Waals surface area contributed by atoms with Crippen molar-refractivity contribution < 1.29 is 36.1 Å². The first-order valence-electron chi connectivity index (χ1n) is 15.5. The van der Waals surface area contributed by atoms with E-state index in [0.717, 1.165) is 36.4 Å². The average Bonchev–Trinajstić information content (AvgIpc) is 2.92. The largest absolute Gasteiger partial charge is 0.500 e. The molecule has 250 valence electrons. The number of thioether (sulfide) groups is 2. The van der Waals surface area contributed by atoms with E-state index in [1.165, 1.54) is 0 Å². The van der Waals surface area contributed by atoms with E-state index in [4.69, 9.17) is 26.6 Å². The Labute approximate surface area is 266 Å². The molecule has 0 fully saturated rings. The maximum absolute atomic E-state index is 12.9. The zero-order chi connectivity index (χ0) is 32.1. The topological polar surface area (TPSA) is 114 Å². The zero-order valence-electron chi connectivity index (χ0n) is 28.0. The van der Waals surface area contributed by atoms with Gasteiger partial charge in [0.1, 0.15) is 0 Å². The minimum absolute atomic E-state index is 0.0520. The molecule has 2 amide bonds. The molecule has 0 aromatic carbocycles. The summed E-state index contributed by atoms with van der Waals surface area (Å²) in [5, 5.41) is 5.94. The van der Waals surface area contributed by atoms with Crippen LogP contribution in [-0.4, -0.2) is 103 Å². The second-order valence-corrected chi connectivity index (χ2v) is 19.3. The van der Waals surface area contributed by atoms with Crippen molar-refractivity contribution in [1.82, 2.24) is 10.6 Å². The Balaban J connectivity index is 4.55. The number of rotatable bonds is 27. The van der Waals surface area contributed by atoms with Crippen LogP contribution in [0.1, 0.15) is 82.1 Å². The summed E-state index contributed by atoms with van der Waals surface area (Å²) < 4.78 is 34.3. The molecule has 42 heavy (non-hydrogen) atoms. The van der Waals surface area contributed by atoms with Crippen LogP contribution in [0.3, 0.4) is 0 Å². The molecule has 0 atom stereocenters. The molecule has 14 heteroatoms. The lowest BCUT2D eigenvalue weighted by Gasteiger charge is -2.29. The van der Waals surface area contributed by atoms with Gasteiger partial charge in [-0.2, -0.15) is 0 Å². The molecule has 0 saturated heterocycles. The molecular formula is C28H60N2O8S2Si2. The fraction of sp³-hybridized carbons (Fsp3) is 0.929. The predicted octanol–water partition coefficient (Wildman–Crippen LogP) is 5.12. The van der Waals surface area contributed by atoms with Gasteiger partial charge in [-0.1, -0.05) is 0 Å². The number of hydrogen-bond donors (Lipinski definition) is 2. The molecular weight excluding hydrogens is 613 g/mol. The van der Waals surface area contributed by atoms with Gasteiger partial charge in [0.2, 0.25) is 11.8 Å². The van der Waals surface area contributed by atoms with E-state index in [1.54, 1.807) is 23.5 Å². The first kappa shape index (κ1) is 41.8. The maximum Gasteiger partial charge on any atom is 0.500 e. The van der Waals surface area contributed by atoms with E-state index in [-0.39, 0.29) is 11.8 Å². The van der Waals surface area contributed by atoms with Crippen molar-refractivity contribution in [2.45, 2.75) is 104 Å². The van der Waals surface area contributed by atoms with E-state index < -0.39 is 27.1 Å². The highest BCUT2D eigenvalue weighted by Crippen LogP contribution is 2.29. The molecule has 2 N–H and O–H groups in total. The van der Waals surface area contributed by atoms with Crippen molar-refractivity contribution in [3.05, 3.63) is 0 Å². The lowest BCUT2D eigenvalue weighted by atomic mass is 10.2. The van der Waals surface area contributed by atoms with E-state index >= 15 is 0 Å². The summed E-state index contributed by atoms with van der Waals surface area (Å²) in [6.45, 7) is 23.5. The second-order valence-electron chi connectivity index (χ2n) is 10.4. The van der Waals surface area contributed by atoms with E-state index in [2.05, 4.69) is 10.6 Å². The highest BCUT2D eigenvalue weighted by atomic mass is 32.2. The van der Waals surface area contributed by atoms with Gasteiger partial charge in [-0.3, -0.25) is 9.59 Å². The lowest BCUT2D eigenvalue weighted by molar-refractivity contribution is -0.124. The van der Waals surface area contributed by atoms with Crippen molar-refractivity contribution in [2.75, 3.05) is 64.2 Å². The number of nitrogens with one attached hydrogen (secondary N) is 2. The summed E-state index contributed by atoms with van der Waals surface area (Å²) in [5.41, 5.74) is 0. The lowest BCUT2D eigenvalue weighted by Crippen LogP contribution is -2.47. The van der Waals surface area contributed by atoms with E-state index in [1.807, 2.05) is 69.2 Å². The molecule has 0 unspecified atom stereocenters. The monoisotopic (exact) mass is 672 g/mol. The Kier molecular flexibility index (Phi) is 22.3. The summed E-state index contributed by atoms with van der Waals surface area (Å²) in [4.78, 5) is 25.7. The van der Waals surface area contributed by atoms with Gasteiger partial charge in [0.05, 0.1) is 9.49 Å². The van der Waals surface area contributed by atoms with Crippen molar-refractivity contribution >= 4 is 52.9 Å². The van der Waals surface area contributed by atoms with Gasteiger partial charge in [-0.15, -0.1) is 23.5 Å². The molecule has 0 spiro atoms. The fourth-order valence-corrected chi connectivity index (χ4v) is 11.9. The third-order valence-electron chi connectivity index (χ3n) is 6.16. The minimum atomic E-state index is -2.67. The fourth-order valence-electron chi connectivity index (χ4n) is 4.14. The Morgan fingerprint density at radius 1 is 0.548 bits per heavy atom. The molecule has 0 aliphatic heterocycles. The van der Waals surface area contributed by atoms with Crippen LogP contribution < -0.4 is 10.6 Å². The van der Waals surface area contributed by atoms with Gasteiger partial charge in [-0.25, -0.2) is 0 Å². The molecule has 0 aliphatic carbocycles. The van der Waals surface area contributed by atoms with Gasteiger partial charge in [0.25, 0.3) is 0 Å². The smallest absolute Gasteiger partial charge is 0.374 e. The highest BCUT2D eigenvalue weighted by Gasteiger charge is 2.41. The quantitative estimate of drug-likeness (QED) is 0.0901. The first-order valence-corrected chi connectivity index (χ1v) is 21.3. The Morgan fingerprint density at radius 2 is 0.810 bits per heavy atom. The third kappa shape index (κ3) is 16.2. The standard InChI is InChI=1S/C28H60N2O8S2Si2/c1-11-33-41(34-12-2,35-13-3)23-17-21-39-27(7,8)25(31)29-19-20-30-26(32)28(9,10)40-22-18-24-42(36-14-4,37-15-5)38-16-6/h11-24H2,1-10H3,(H,29,31)(H,30,32). The number of carbonyl (C=O) groups is 2. The Bertz CT molecular complexity index is 657. The van der Waals surface area contributed by atoms with Gasteiger partial charge in [0.15, 0.2) is 0 Å². The number of hydrogen-bond acceptors (Lipinski definition) is 10. The van der Waals surface area contributed by atoms with Crippen molar-refractivity contribution in [3.8, 4) is 0 Å². The summed E-state index contributed by atoms with van der Waals surface area (Å²) in [6, 6.07) is 1.45. The van der Waals surface area contributed by atoms with Crippen LogP contribution in [0.4, 0.5) is 0 Å². The van der Waals surface area contributed by atoms with Crippen LogP contribution in [0.25, 0.3) is 0 Å². The van der Waals surface area contributed by atoms with Gasteiger partial charge in [-0.05, 0) is 93.6 Å². The molecule has 0 aromatic heterocycles. The zero-order valence-corrected chi connectivity index (χ0v) is 31.6. The second kappa shape index (κ2) is 22.4. The molecule has 0 radical (unpaired) electrons. The predicted molar refractivity (Wildman–Crippen MR) is 179 cm³/mol. The van der Waals surface area contributed by atoms with Crippen LogP contribution in [0.2, 0.25) is 12.1 Å². The van der Waals surface area contributed by atoms with E-state index in [0.29, 0.717) is 52.7 Å². The van der Waals surface area contributed by atoms with Gasteiger partial charge in [0, 0.05) is 64.8 Å². The molecule has 0 bridgehead atoms. The van der Waals surface area contributed by atoms with Crippen molar-refractivity contribution in [2.24, 2.45) is 0 Å². The molecule has 10 nitrogen and oxygen atoms in total. The summed E-state index contributed by atoms with van der Waals surface area (Å²) >= 11 is 3.20. The Morgan fingerprint density at radius 3 is 1.05 bits per heavy atom.